The van der Waals surface area contributed by atoms with Gasteiger partial charge in [0.1, 0.15) is 0 Å². The molecule has 0 radical (unpaired) electrons. The largest absolute Gasteiger partial charge is 0.330 e. The van der Waals surface area contributed by atoms with Gasteiger partial charge in [-0.15, -0.1) is 0 Å². The van der Waals surface area contributed by atoms with Crippen LogP contribution in [0.1, 0.15) is 30.9 Å². The van der Waals surface area contributed by atoms with E-state index in [1.54, 1.807) is 0 Å². The van der Waals surface area contributed by atoms with Crippen LogP contribution in [0.4, 0.5) is 0 Å². The second-order valence-electron chi connectivity index (χ2n) is 6.90. The van der Waals surface area contributed by atoms with Gasteiger partial charge in [-0.3, -0.25) is 4.90 Å². The Hall–Kier alpha value is -1.64. The molecule has 122 valence electrons. The first-order valence-electron chi connectivity index (χ1n) is 8.85. The zero-order valence-corrected chi connectivity index (χ0v) is 14.2. The SMILES string of the molecule is CC1CCN(Cc2cccc(-c3cccc(CCN)c3)c2)CC1. The first-order chi connectivity index (χ1) is 11.2. The Kier molecular flexibility index (Phi) is 5.47. The summed E-state index contributed by atoms with van der Waals surface area (Å²) in [6.07, 6.45) is 3.61. The van der Waals surface area contributed by atoms with Gasteiger partial charge in [0.15, 0.2) is 0 Å². The summed E-state index contributed by atoms with van der Waals surface area (Å²) in [5.41, 5.74) is 11.0. The maximum Gasteiger partial charge on any atom is 0.0233 e. The van der Waals surface area contributed by atoms with Crippen molar-refractivity contribution in [3.8, 4) is 11.1 Å². The van der Waals surface area contributed by atoms with E-state index >= 15 is 0 Å². The molecule has 1 heterocycles. The predicted molar refractivity (Wildman–Crippen MR) is 98.3 cm³/mol. The van der Waals surface area contributed by atoms with Crippen LogP contribution in [-0.2, 0) is 13.0 Å². The molecule has 2 N–H and O–H groups in total. The van der Waals surface area contributed by atoms with Crippen LogP contribution in [0.25, 0.3) is 11.1 Å². The molecular weight excluding hydrogens is 280 g/mol. The van der Waals surface area contributed by atoms with Gasteiger partial charge in [-0.1, -0.05) is 49.4 Å². The molecule has 2 aromatic rings. The first kappa shape index (κ1) is 16.2. The number of piperidine rings is 1. The maximum absolute atomic E-state index is 5.68. The van der Waals surface area contributed by atoms with E-state index in [-0.39, 0.29) is 0 Å². The van der Waals surface area contributed by atoms with E-state index in [1.807, 2.05) is 0 Å². The average molecular weight is 308 g/mol. The number of hydrogen-bond donors (Lipinski definition) is 1. The Morgan fingerprint density at radius 3 is 2.22 bits per heavy atom. The summed E-state index contributed by atoms with van der Waals surface area (Å²) < 4.78 is 0. The number of likely N-dealkylation sites (tertiary alicyclic amines) is 1. The van der Waals surface area contributed by atoms with Gasteiger partial charge in [0.2, 0.25) is 0 Å². The van der Waals surface area contributed by atoms with E-state index in [1.165, 1.54) is 48.2 Å². The molecule has 0 bridgehead atoms. The van der Waals surface area contributed by atoms with Crippen molar-refractivity contribution in [3.05, 3.63) is 59.7 Å². The van der Waals surface area contributed by atoms with Crippen molar-refractivity contribution >= 4 is 0 Å². The second kappa shape index (κ2) is 7.76. The molecule has 0 spiro atoms. The fourth-order valence-electron chi connectivity index (χ4n) is 3.40. The zero-order chi connectivity index (χ0) is 16.1. The van der Waals surface area contributed by atoms with Crippen LogP contribution in [0, 0.1) is 5.92 Å². The summed E-state index contributed by atoms with van der Waals surface area (Å²) in [6.45, 7) is 6.61. The summed E-state index contributed by atoms with van der Waals surface area (Å²) in [4.78, 5) is 2.59. The summed E-state index contributed by atoms with van der Waals surface area (Å²) in [6, 6.07) is 17.8. The highest BCUT2D eigenvalue weighted by Gasteiger charge is 2.15. The van der Waals surface area contributed by atoms with Crippen molar-refractivity contribution in [1.82, 2.24) is 4.90 Å². The minimum atomic E-state index is 0.705. The van der Waals surface area contributed by atoms with Gasteiger partial charge >= 0.3 is 0 Å². The lowest BCUT2D eigenvalue weighted by atomic mass is 9.97. The highest BCUT2D eigenvalue weighted by Crippen LogP contribution is 2.24. The van der Waals surface area contributed by atoms with Crippen molar-refractivity contribution in [2.45, 2.75) is 32.7 Å². The molecule has 1 aliphatic heterocycles. The third kappa shape index (κ3) is 4.43. The van der Waals surface area contributed by atoms with Gasteiger partial charge in [-0.25, -0.2) is 0 Å². The van der Waals surface area contributed by atoms with Crippen molar-refractivity contribution < 1.29 is 0 Å². The highest BCUT2D eigenvalue weighted by molar-refractivity contribution is 5.65. The Morgan fingerprint density at radius 1 is 0.957 bits per heavy atom. The monoisotopic (exact) mass is 308 g/mol. The van der Waals surface area contributed by atoms with Crippen LogP contribution in [0.3, 0.4) is 0 Å². The normalized spacial score (nSPS) is 16.6. The van der Waals surface area contributed by atoms with Crippen LogP contribution >= 0.6 is 0 Å². The van der Waals surface area contributed by atoms with Crippen LogP contribution < -0.4 is 5.73 Å². The van der Waals surface area contributed by atoms with E-state index < -0.39 is 0 Å². The minimum Gasteiger partial charge on any atom is -0.330 e. The zero-order valence-electron chi connectivity index (χ0n) is 14.2. The predicted octanol–water partition coefficient (Wildman–Crippen LogP) is 4.09. The quantitative estimate of drug-likeness (QED) is 0.901. The van der Waals surface area contributed by atoms with Gasteiger partial charge in [-0.05, 0) is 73.1 Å². The molecule has 2 aromatic carbocycles. The summed E-state index contributed by atoms with van der Waals surface area (Å²) in [5.74, 6) is 0.892. The molecule has 0 aromatic heterocycles. The topological polar surface area (TPSA) is 29.3 Å². The first-order valence-corrected chi connectivity index (χ1v) is 8.85. The maximum atomic E-state index is 5.68. The third-order valence-corrected chi connectivity index (χ3v) is 4.90. The van der Waals surface area contributed by atoms with E-state index in [9.17, 15) is 0 Å². The lowest BCUT2D eigenvalue weighted by Crippen LogP contribution is -2.32. The fourth-order valence-corrected chi connectivity index (χ4v) is 3.40. The molecule has 23 heavy (non-hydrogen) atoms. The molecule has 2 heteroatoms. The van der Waals surface area contributed by atoms with Crippen molar-refractivity contribution in [3.63, 3.8) is 0 Å². The molecule has 0 unspecified atom stereocenters. The fraction of sp³-hybridized carbons (Fsp3) is 0.429. The smallest absolute Gasteiger partial charge is 0.0233 e. The van der Waals surface area contributed by atoms with Gasteiger partial charge in [0.25, 0.3) is 0 Å². The Labute approximate surface area is 140 Å². The van der Waals surface area contributed by atoms with Crippen molar-refractivity contribution in [2.24, 2.45) is 11.7 Å². The number of nitrogens with zero attached hydrogens (tertiary/aromatic N) is 1. The second-order valence-corrected chi connectivity index (χ2v) is 6.90. The molecule has 0 amide bonds. The van der Waals surface area contributed by atoms with E-state index in [0.717, 1.165) is 18.9 Å². The van der Waals surface area contributed by atoms with Gasteiger partial charge in [-0.2, -0.15) is 0 Å². The van der Waals surface area contributed by atoms with Crippen LogP contribution in [0.2, 0.25) is 0 Å². The molecule has 3 rings (SSSR count). The molecule has 1 aliphatic rings. The lowest BCUT2D eigenvalue weighted by molar-refractivity contribution is 0.185. The summed E-state index contributed by atoms with van der Waals surface area (Å²) in [5, 5.41) is 0. The standard InChI is InChI=1S/C21H28N2/c1-17-9-12-23(13-10-17)16-19-5-3-7-21(15-19)20-6-2-4-18(14-20)8-11-22/h2-7,14-15,17H,8-13,16,22H2,1H3. The van der Waals surface area contributed by atoms with E-state index in [2.05, 4.69) is 60.4 Å². The number of rotatable bonds is 5. The van der Waals surface area contributed by atoms with Crippen LogP contribution in [-0.4, -0.2) is 24.5 Å². The molecule has 0 saturated carbocycles. The molecule has 2 nitrogen and oxygen atoms in total. The van der Waals surface area contributed by atoms with Crippen molar-refractivity contribution in [2.75, 3.05) is 19.6 Å². The minimum absolute atomic E-state index is 0.705. The third-order valence-electron chi connectivity index (χ3n) is 4.90. The average Bonchev–Trinajstić information content (AvgIpc) is 2.58. The number of benzene rings is 2. The lowest BCUT2D eigenvalue weighted by Gasteiger charge is -2.30. The van der Waals surface area contributed by atoms with Gasteiger partial charge in [0, 0.05) is 6.54 Å². The molecule has 1 fully saturated rings. The van der Waals surface area contributed by atoms with Crippen LogP contribution in [0.15, 0.2) is 48.5 Å². The van der Waals surface area contributed by atoms with Gasteiger partial charge in [0.05, 0.1) is 0 Å². The van der Waals surface area contributed by atoms with Gasteiger partial charge < -0.3 is 5.73 Å². The van der Waals surface area contributed by atoms with Crippen LogP contribution in [0.5, 0.6) is 0 Å². The number of hydrogen-bond acceptors (Lipinski definition) is 2. The Bertz CT molecular complexity index is 627. The number of nitrogens with two attached hydrogens (primary N) is 1. The highest BCUT2D eigenvalue weighted by atomic mass is 15.1. The Balaban J connectivity index is 1.73. The molecular formula is C21H28N2. The van der Waals surface area contributed by atoms with Crippen molar-refractivity contribution in [1.29, 1.82) is 0 Å². The molecule has 0 aliphatic carbocycles. The van der Waals surface area contributed by atoms with E-state index in [0.29, 0.717) is 6.54 Å². The summed E-state index contributed by atoms with van der Waals surface area (Å²) >= 11 is 0. The van der Waals surface area contributed by atoms with E-state index in [4.69, 9.17) is 5.73 Å². The molecule has 0 atom stereocenters. The Morgan fingerprint density at radius 2 is 1.57 bits per heavy atom. The summed E-state index contributed by atoms with van der Waals surface area (Å²) in [7, 11) is 0. The molecule has 1 saturated heterocycles.